The van der Waals surface area contributed by atoms with Crippen LogP contribution >= 0.6 is 0 Å². The molecule has 0 aliphatic carbocycles. The molecule has 2 aromatic carbocycles. The average Bonchev–Trinajstić information content (AvgIpc) is 3.01. The smallest absolute Gasteiger partial charge is 0.437 e. The summed E-state index contributed by atoms with van der Waals surface area (Å²) in [5.74, 6) is -1.26. The van der Waals surface area contributed by atoms with Gasteiger partial charge in [0, 0.05) is 11.1 Å². The van der Waals surface area contributed by atoms with E-state index in [4.69, 9.17) is 14.4 Å². The second-order valence-corrected chi connectivity index (χ2v) is 5.13. The number of rotatable bonds is 5. The van der Waals surface area contributed by atoms with Gasteiger partial charge in [0.05, 0.1) is 11.6 Å². The Morgan fingerprint density at radius 2 is 1.88 bits per heavy atom. The lowest BCUT2D eigenvalue weighted by atomic mass is 10.1. The summed E-state index contributed by atoms with van der Waals surface area (Å²) < 4.78 is 11.1. The lowest BCUT2D eigenvalue weighted by Gasteiger charge is -2.05. The van der Waals surface area contributed by atoms with Crippen LogP contribution in [-0.4, -0.2) is 15.7 Å². The molecule has 0 fully saturated rings. The van der Waals surface area contributed by atoms with E-state index in [1.54, 1.807) is 48.5 Å². The van der Waals surface area contributed by atoms with E-state index < -0.39 is 11.7 Å². The van der Waals surface area contributed by atoms with Gasteiger partial charge >= 0.3 is 11.7 Å². The minimum Gasteiger partial charge on any atom is -0.459 e. The fourth-order valence-electron chi connectivity index (χ4n) is 2.18. The van der Waals surface area contributed by atoms with Crippen molar-refractivity contribution in [1.82, 2.24) is 9.78 Å². The van der Waals surface area contributed by atoms with E-state index in [1.165, 1.54) is 0 Å². The molecule has 0 spiro atoms. The molecule has 0 unspecified atom stereocenters. The van der Waals surface area contributed by atoms with Crippen LogP contribution in [0.1, 0.15) is 11.1 Å². The van der Waals surface area contributed by atoms with Crippen LogP contribution in [0.2, 0.25) is 0 Å². The first-order chi connectivity index (χ1) is 12.2. The molecule has 0 aliphatic heterocycles. The number of nitriles is 1. The van der Waals surface area contributed by atoms with Crippen molar-refractivity contribution in [2.24, 2.45) is 0 Å². The second-order valence-electron chi connectivity index (χ2n) is 5.13. The molecule has 0 N–H and O–H groups in total. The standard InChI is InChI=1S/C18H13N3O4/c19-10-14-8-4-5-9-15(14)12-24-16(22)11-21-18(23)25-17(20-21)13-6-2-1-3-7-13/h1-9H,11-12H2. The van der Waals surface area contributed by atoms with Crippen LogP contribution in [0.15, 0.2) is 63.8 Å². The van der Waals surface area contributed by atoms with Crippen LogP contribution in [0, 0.1) is 11.3 Å². The topological polar surface area (TPSA) is 98.1 Å². The van der Waals surface area contributed by atoms with Gasteiger partial charge in [-0.3, -0.25) is 4.79 Å². The summed E-state index contributed by atoms with van der Waals surface area (Å²) in [7, 11) is 0. The predicted molar refractivity (Wildman–Crippen MR) is 87.2 cm³/mol. The Balaban J connectivity index is 1.67. The molecule has 0 aliphatic rings. The van der Waals surface area contributed by atoms with Crippen molar-refractivity contribution < 1.29 is 13.9 Å². The molecule has 1 heterocycles. The first kappa shape index (κ1) is 16.2. The number of benzene rings is 2. The van der Waals surface area contributed by atoms with Crippen molar-refractivity contribution in [3.63, 3.8) is 0 Å². The number of hydrogen-bond donors (Lipinski definition) is 0. The molecule has 0 bridgehead atoms. The van der Waals surface area contributed by atoms with Gasteiger partial charge in [-0.05, 0) is 18.2 Å². The van der Waals surface area contributed by atoms with Crippen LogP contribution in [0.3, 0.4) is 0 Å². The molecule has 0 atom stereocenters. The Morgan fingerprint density at radius 1 is 1.16 bits per heavy atom. The van der Waals surface area contributed by atoms with Gasteiger partial charge in [0.25, 0.3) is 0 Å². The first-order valence-corrected chi connectivity index (χ1v) is 7.44. The predicted octanol–water partition coefficient (Wildman–Crippen LogP) is 2.12. The molecule has 0 saturated heterocycles. The first-order valence-electron chi connectivity index (χ1n) is 7.44. The molecular formula is C18H13N3O4. The van der Waals surface area contributed by atoms with E-state index in [2.05, 4.69) is 5.10 Å². The summed E-state index contributed by atoms with van der Waals surface area (Å²) in [6.45, 7) is -0.426. The fourth-order valence-corrected chi connectivity index (χ4v) is 2.18. The van der Waals surface area contributed by atoms with E-state index in [-0.39, 0.29) is 19.0 Å². The van der Waals surface area contributed by atoms with Gasteiger partial charge in [0.15, 0.2) is 0 Å². The highest BCUT2D eigenvalue weighted by Crippen LogP contribution is 2.14. The van der Waals surface area contributed by atoms with Crippen molar-refractivity contribution in [1.29, 1.82) is 5.26 Å². The SMILES string of the molecule is N#Cc1ccccc1COC(=O)Cn1nc(-c2ccccc2)oc1=O. The maximum atomic E-state index is 11.9. The summed E-state index contributed by atoms with van der Waals surface area (Å²) in [5.41, 5.74) is 1.66. The number of esters is 1. The molecule has 3 aromatic rings. The molecular weight excluding hydrogens is 322 g/mol. The third kappa shape index (κ3) is 3.82. The number of nitrogens with zero attached hydrogens (tertiary/aromatic N) is 3. The van der Waals surface area contributed by atoms with Gasteiger partial charge in [0.1, 0.15) is 13.2 Å². The summed E-state index contributed by atoms with van der Waals surface area (Å²) in [5, 5.41) is 13.0. The van der Waals surface area contributed by atoms with Crippen molar-refractivity contribution in [3.8, 4) is 17.5 Å². The van der Waals surface area contributed by atoms with Crippen molar-refractivity contribution in [3.05, 3.63) is 76.3 Å². The van der Waals surface area contributed by atoms with Crippen LogP contribution in [-0.2, 0) is 22.7 Å². The molecule has 25 heavy (non-hydrogen) atoms. The van der Waals surface area contributed by atoms with E-state index >= 15 is 0 Å². The number of carbonyl (C=O) groups is 1. The van der Waals surface area contributed by atoms with Crippen LogP contribution in [0.5, 0.6) is 0 Å². The summed E-state index contributed by atoms with van der Waals surface area (Å²) in [6.07, 6.45) is 0. The monoisotopic (exact) mass is 335 g/mol. The van der Waals surface area contributed by atoms with Gasteiger partial charge < -0.3 is 9.15 Å². The Hall–Kier alpha value is -3.66. The molecule has 7 heteroatoms. The lowest BCUT2D eigenvalue weighted by molar-refractivity contribution is -0.146. The molecule has 3 rings (SSSR count). The lowest BCUT2D eigenvalue weighted by Crippen LogP contribution is -2.23. The Bertz CT molecular complexity index is 983. The Kier molecular flexibility index (Phi) is 4.72. The van der Waals surface area contributed by atoms with E-state index in [0.717, 1.165) is 4.68 Å². The second kappa shape index (κ2) is 7.27. The maximum absolute atomic E-state index is 11.9. The Labute approximate surface area is 142 Å². The number of carbonyl (C=O) groups excluding carboxylic acids is 1. The Morgan fingerprint density at radius 3 is 2.64 bits per heavy atom. The van der Waals surface area contributed by atoms with Gasteiger partial charge in [0.2, 0.25) is 5.89 Å². The summed E-state index contributed by atoms with van der Waals surface area (Å²) in [6, 6.07) is 17.7. The van der Waals surface area contributed by atoms with E-state index in [9.17, 15) is 9.59 Å². The van der Waals surface area contributed by atoms with E-state index in [1.807, 2.05) is 12.1 Å². The zero-order valence-corrected chi connectivity index (χ0v) is 13.1. The largest absolute Gasteiger partial charge is 0.459 e. The highest BCUT2D eigenvalue weighted by molar-refractivity contribution is 5.69. The van der Waals surface area contributed by atoms with Crippen molar-refractivity contribution in [2.45, 2.75) is 13.2 Å². The highest BCUT2D eigenvalue weighted by atomic mass is 16.5. The summed E-state index contributed by atoms with van der Waals surface area (Å²) in [4.78, 5) is 23.7. The molecule has 0 amide bonds. The third-order valence-electron chi connectivity index (χ3n) is 3.43. The molecule has 7 nitrogen and oxygen atoms in total. The van der Waals surface area contributed by atoms with Gasteiger partial charge in [-0.15, -0.1) is 5.10 Å². The molecule has 124 valence electrons. The zero-order valence-electron chi connectivity index (χ0n) is 13.1. The van der Waals surface area contributed by atoms with Crippen LogP contribution in [0.25, 0.3) is 11.5 Å². The number of aromatic nitrogens is 2. The average molecular weight is 335 g/mol. The quantitative estimate of drug-likeness (QED) is 0.662. The van der Waals surface area contributed by atoms with Crippen molar-refractivity contribution >= 4 is 5.97 Å². The third-order valence-corrected chi connectivity index (χ3v) is 3.43. The molecule has 0 saturated carbocycles. The van der Waals surface area contributed by atoms with Crippen molar-refractivity contribution in [2.75, 3.05) is 0 Å². The van der Waals surface area contributed by atoms with Gasteiger partial charge in [-0.2, -0.15) is 9.94 Å². The number of ether oxygens (including phenoxy) is 1. The van der Waals surface area contributed by atoms with Gasteiger partial charge in [-0.25, -0.2) is 4.79 Å². The fraction of sp³-hybridized carbons (Fsp3) is 0.111. The normalized spacial score (nSPS) is 10.2. The summed E-state index contributed by atoms with van der Waals surface area (Å²) >= 11 is 0. The van der Waals surface area contributed by atoms with E-state index in [0.29, 0.717) is 16.7 Å². The van der Waals surface area contributed by atoms with Crippen LogP contribution in [0.4, 0.5) is 0 Å². The number of hydrogen-bond acceptors (Lipinski definition) is 6. The minimum absolute atomic E-state index is 0.0549. The van der Waals surface area contributed by atoms with Crippen LogP contribution < -0.4 is 5.76 Å². The molecule has 0 radical (unpaired) electrons. The minimum atomic E-state index is -0.742. The molecule has 1 aromatic heterocycles. The zero-order chi connectivity index (χ0) is 17.6. The highest BCUT2D eigenvalue weighted by Gasteiger charge is 2.14. The van der Waals surface area contributed by atoms with Gasteiger partial charge in [-0.1, -0.05) is 36.4 Å². The maximum Gasteiger partial charge on any atom is 0.437 e.